The Morgan fingerprint density at radius 1 is 1.26 bits per heavy atom. The standard InChI is InChI=1S/C13H14N2O3S/c1-17-8-3-4-10(11(7-8)18-2)15-13(16)12-9(14)5-6-19-12/h3-7H,14H2,1-2H3,(H,15,16). The van der Waals surface area contributed by atoms with Gasteiger partial charge in [0, 0.05) is 6.07 Å². The van der Waals surface area contributed by atoms with Gasteiger partial charge in [0.25, 0.3) is 5.91 Å². The van der Waals surface area contributed by atoms with Gasteiger partial charge in [0.1, 0.15) is 16.4 Å². The van der Waals surface area contributed by atoms with Gasteiger partial charge in [-0.15, -0.1) is 11.3 Å². The molecular weight excluding hydrogens is 264 g/mol. The molecule has 1 amide bonds. The van der Waals surface area contributed by atoms with Crippen molar-refractivity contribution in [1.82, 2.24) is 0 Å². The van der Waals surface area contributed by atoms with E-state index in [1.165, 1.54) is 18.4 Å². The third-order valence-corrected chi connectivity index (χ3v) is 3.49. The molecule has 6 heteroatoms. The fourth-order valence-electron chi connectivity index (χ4n) is 1.58. The number of nitrogens with two attached hydrogens (primary N) is 1. The summed E-state index contributed by atoms with van der Waals surface area (Å²) >= 11 is 1.30. The summed E-state index contributed by atoms with van der Waals surface area (Å²) in [7, 11) is 3.10. The van der Waals surface area contributed by atoms with Crippen molar-refractivity contribution in [2.24, 2.45) is 0 Å². The minimum atomic E-state index is -0.254. The highest BCUT2D eigenvalue weighted by atomic mass is 32.1. The fourth-order valence-corrected chi connectivity index (χ4v) is 2.30. The number of anilines is 2. The number of benzene rings is 1. The van der Waals surface area contributed by atoms with Gasteiger partial charge in [-0.05, 0) is 23.6 Å². The minimum Gasteiger partial charge on any atom is -0.497 e. The first-order chi connectivity index (χ1) is 9.15. The number of rotatable bonds is 4. The Hall–Kier alpha value is -2.21. The largest absolute Gasteiger partial charge is 0.497 e. The Morgan fingerprint density at radius 2 is 2.05 bits per heavy atom. The van der Waals surface area contributed by atoms with Crippen LogP contribution < -0.4 is 20.5 Å². The lowest BCUT2D eigenvalue weighted by molar-refractivity contribution is 0.103. The second-order valence-electron chi connectivity index (χ2n) is 3.73. The van der Waals surface area contributed by atoms with E-state index < -0.39 is 0 Å². The molecule has 2 rings (SSSR count). The maximum Gasteiger partial charge on any atom is 0.267 e. The van der Waals surface area contributed by atoms with Crippen LogP contribution >= 0.6 is 11.3 Å². The summed E-state index contributed by atoms with van der Waals surface area (Å²) in [6, 6.07) is 6.87. The lowest BCUT2D eigenvalue weighted by atomic mass is 10.2. The zero-order valence-electron chi connectivity index (χ0n) is 10.6. The van der Waals surface area contributed by atoms with Gasteiger partial charge in [0.05, 0.1) is 25.6 Å². The molecule has 0 aliphatic carbocycles. The molecule has 19 heavy (non-hydrogen) atoms. The maximum absolute atomic E-state index is 12.1. The van der Waals surface area contributed by atoms with Crippen LogP contribution in [0.15, 0.2) is 29.6 Å². The van der Waals surface area contributed by atoms with Crippen LogP contribution in [-0.4, -0.2) is 20.1 Å². The molecular formula is C13H14N2O3S. The van der Waals surface area contributed by atoms with Gasteiger partial charge in [0.2, 0.25) is 0 Å². The molecule has 1 heterocycles. The molecule has 1 aromatic heterocycles. The highest BCUT2D eigenvalue weighted by molar-refractivity contribution is 7.12. The van der Waals surface area contributed by atoms with Gasteiger partial charge in [-0.25, -0.2) is 0 Å². The number of carbonyl (C=O) groups excluding carboxylic acids is 1. The van der Waals surface area contributed by atoms with Crippen LogP contribution in [0.5, 0.6) is 11.5 Å². The third-order valence-electron chi connectivity index (χ3n) is 2.56. The van der Waals surface area contributed by atoms with E-state index >= 15 is 0 Å². The number of amides is 1. The lowest BCUT2D eigenvalue weighted by Gasteiger charge is -2.11. The SMILES string of the molecule is COc1ccc(NC(=O)c2sccc2N)c(OC)c1. The van der Waals surface area contributed by atoms with Crippen molar-refractivity contribution in [3.63, 3.8) is 0 Å². The van der Waals surface area contributed by atoms with E-state index in [0.717, 1.165) is 0 Å². The number of thiophene rings is 1. The molecule has 100 valence electrons. The normalized spacial score (nSPS) is 10.0. The van der Waals surface area contributed by atoms with Crippen LogP contribution in [0.25, 0.3) is 0 Å². The lowest BCUT2D eigenvalue weighted by Crippen LogP contribution is -2.12. The maximum atomic E-state index is 12.1. The van der Waals surface area contributed by atoms with Crippen LogP contribution in [0.4, 0.5) is 11.4 Å². The quantitative estimate of drug-likeness (QED) is 0.901. The Kier molecular flexibility index (Phi) is 3.91. The van der Waals surface area contributed by atoms with E-state index in [2.05, 4.69) is 5.32 Å². The third kappa shape index (κ3) is 2.79. The van der Waals surface area contributed by atoms with Crippen LogP contribution in [0.2, 0.25) is 0 Å². The molecule has 3 N–H and O–H groups in total. The summed E-state index contributed by atoms with van der Waals surface area (Å²) in [6.45, 7) is 0. The monoisotopic (exact) mass is 278 g/mol. The highest BCUT2D eigenvalue weighted by Crippen LogP contribution is 2.30. The summed E-state index contributed by atoms with van der Waals surface area (Å²) in [5, 5.41) is 4.54. The van der Waals surface area contributed by atoms with Crippen LogP contribution in [0.1, 0.15) is 9.67 Å². The van der Waals surface area contributed by atoms with E-state index in [9.17, 15) is 4.79 Å². The van der Waals surface area contributed by atoms with Gasteiger partial charge in [-0.2, -0.15) is 0 Å². The number of hydrogen-bond donors (Lipinski definition) is 2. The van der Waals surface area contributed by atoms with Crippen molar-refractivity contribution < 1.29 is 14.3 Å². The van der Waals surface area contributed by atoms with Crippen LogP contribution in [0.3, 0.4) is 0 Å². The van der Waals surface area contributed by atoms with Crippen LogP contribution in [0, 0.1) is 0 Å². The number of carbonyl (C=O) groups is 1. The smallest absolute Gasteiger partial charge is 0.267 e. The molecule has 1 aromatic carbocycles. The molecule has 0 unspecified atom stereocenters. The van der Waals surface area contributed by atoms with Gasteiger partial charge in [-0.3, -0.25) is 4.79 Å². The van der Waals surface area contributed by atoms with Crippen molar-refractivity contribution in [2.45, 2.75) is 0 Å². The molecule has 0 aliphatic heterocycles. The molecule has 0 radical (unpaired) electrons. The average molecular weight is 278 g/mol. The minimum absolute atomic E-state index is 0.254. The second-order valence-corrected chi connectivity index (χ2v) is 4.64. The predicted octanol–water partition coefficient (Wildman–Crippen LogP) is 2.60. The summed E-state index contributed by atoms with van der Waals surface area (Å²) in [4.78, 5) is 12.5. The number of nitrogen functional groups attached to an aromatic ring is 1. The van der Waals surface area contributed by atoms with E-state index in [0.29, 0.717) is 27.8 Å². The van der Waals surface area contributed by atoms with Crippen molar-refractivity contribution in [1.29, 1.82) is 0 Å². The summed E-state index contributed by atoms with van der Waals surface area (Å²) < 4.78 is 10.3. The van der Waals surface area contributed by atoms with Crippen molar-refractivity contribution in [2.75, 3.05) is 25.3 Å². The summed E-state index contributed by atoms with van der Waals surface area (Å²) in [5.74, 6) is 0.935. The molecule has 0 saturated carbocycles. The van der Waals surface area contributed by atoms with E-state index in [4.69, 9.17) is 15.2 Å². The first-order valence-corrected chi connectivity index (χ1v) is 6.40. The number of methoxy groups -OCH3 is 2. The Balaban J connectivity index is 2.24. The molecule has 0 fully saturated rings. The van der Waals surface area contributed by atoms with E-state index in [-0.39, 0.29) is 5.91 Å². The summed E-state index contributed by atoms with van der Waals surface area (Å²) in [6.07, 6.45) is 0. The van der Waals surface area contributed by atoms with Crippen molar-refractivity contribution in [3.05, 3.63) is 34.5 Å². The van der Waals surface area contributed by atoms with Crippen molar-refractivity contribution >= 4 is 28.6 Å². The predicted molar refractivity (Wildman–Crippen MR) is 76.2 cm³/mol. The number of hydrogen-bond acceptors (Lipinski definition) is 5. The van der Waals surface area contributed by atoms with Crippen LogP contribution in [-0.2, 0) is 0 Å². The van der Waals surface area contributed by atoms with E-state index in [1.54, 1.807) is 36.8 Å². The average Bonchev–Trinajstić information content (AvgIpc) is 2.85. The number of nitrogens with one attached hydrogen (secondary N) is 1. The Bertz CT molecular complexity index is 595. The van der Waals surface area contributed by atoms with Crippen molar-refractivity contribution in [3.8, 4) is 11.5 Å². The molecule has 0 spiro atoms. The summed E-state index contributed by atoms with van der Waals surface area (Å²) in [5.41, 5.74) is 6.75. The molecule has 5 nitrogen and oxygen atoms in total. The number of ether oxygens (including phenoxy) is 2. The van der Waals surface area contributed by atoms with E-state index in [1.807, 2.05) is 0 Å². The Labute approximate surface area is 115 Å². The topological polar surface area (TPSA) is 73.6 Å². The fraction of sp³-hybridized carbons (Fsp3) is 0.154. The van der Waals surface area contributed by atoms with Gasteiger partial charge in [0.15, 0.2) is 0 Å². The van der Waals surface area contributed by atoms with Gasteiger partial charge in [-0.1, -0.05) is 0 Å². The zero-order valence-corrected chi connectivity index (χ0v) is 11.4. The zero-order chi connectivity index (χ0) is 13.8. The molecule has 0 bridgehead atoms. The molecule has 2 aromatic rings. The Morgan fingerprint density at radius 3 is 2.63 bits per heavy atom. The highest BCUT2D eigenvalue weighted by Gasteiger charge is 2.14. The first kappa shape index (κ1) is 13.2. The molecule has 0 atom stereocenters. The second kappa shape index (κ2) is 5.62. The molecule has 0 saturated heterocycles. The van der Waals surface area contributed by atoms with Gasteiger partial charge >= 0.3 is 0 Å². The van der Waals surface area contributed by atoms with Gasteiger partial charge < -0.3 is 20.5 Å². The molecule has 0 aliphatic rings. The first-order valence-electron chi connectivity index (χ1n) is 5.52.